The van der Waals surface area contributed by atoms with Gasteiger partial charge in [0.15, 0.2) is 0 Å². The molecule has 0 aromatic rings. The highest BCUT2D eigenvalue weighted by atomic mass is 16.6. The second-order valence-corrected chi connectivity index (χ2v) is 3.54. The summed E-state index contributed by atoms with van der Waals surface area (Å²) < 4.78 is 19.8. The Morgan fingerprint density at radius 3 is 1.44 bits per heavy atom. The molecule has 0 heterocycles. The number of hydrogen-bond acceptors (Lipinski definition) is 6. The summed E-state index contributed by atoms with van der Waals surface area (Å²) in [7, 11) is 3.01. The maximum atomic E-state index is 10.7. The highest BCUT2D eigenvalue weighted by Gasteiger charge is 2.09. The molecule has 0 amide bonds. The van der Waals surface area contributed by atoms with Crippen molar-refractivity contribution in [2.75, 3.05) is 27.4 Å². The van der Waals surface area contributed by atoms with E-state index in [0.29, 0.717) is 0 Å². The first-order chi connectivity index (χ1) is 8.49. The molecule has 0 aromatic carbocycles. The second-order valence-electron chi connectivity index (χ2n) is 3.54. The molecule has 0 aromatic heterocycles. The maximum absolute atomic E-state index is 10.7. The predicted octanol–water partition coefficient (Wildman–Crippen LogP) is 0.699. The number of rotatable bonds is 8. The third-order valence-electron chi connectivity index (χ3n) is 2.05. The SMILES string of the molecule is COC(/C=C/C(COC(C)=O)OC)COC(C)=O. The maximum Gasteiger partial charge on any atom is 0.302 e. The second kappa shape index (κ2) is 9.61. The van der Waals surface area contributed by atoms with Gasteiger partial charge in [-0.2, -0.15) is 0 Å². The highest BCUT2D eigenvalue weighted by molar-refractivity contribution is 5.66. The van der Waals surface area contributed by atoms with E-state index in [1.54, 1.807) is 12.2 Å². The largest absolute Gasteiger partial charge is 0.463 e. The predicted molar refractivity (Wildman–Crippen MR) is 64.0 cm³/mol. The molecule has 0 N–H and O–H groups in total. The van der Waals surface area contributed by atoms with E-state index >= 15 is 0 Å². The highest BCUT2D eigenvalue weighted by Crippen LogP contribution is 2.00. The molecule has 2 atom stereocenters. The van der Waals surface area contributed by atoms with Gasteiger partial charge in [0.25, 0.3) is 0 Å². The Kier molecular flexibility index (Phi) is 8.86. The lowest BCUT2D eigenvalue weighted by Crippen LogP contribution is -2.21. The minimum atomic E-state index is -0.367. The molecule has 0 radical (unpaired) electrons. The molecule has 0 spiro atoms. The number of carbonyl (C=O) groups excluding carboxylic acids is 2. The van der Waals surface area contributed by atoms with E-state index in [9.17, 15) is 9.59 Å². The molecule has 0 aliphatic heterocycles. The molecule has 0 saturated heterocycles. The molecule has 0 saturated carbocycles. The quantitative estimate of drug-likeness (QED) is 0.472. The Morgan fingerprint density at radius 2 is 1.22 bits per heavy atom. The minimum Gasteiger partial charge on any atom is -0.463 e. The summed E-state index contributed by atoms with van der Waals surface area (Å²) in [6.45, 7) is 2.92. The van der Waals surface area contributed by atoms with Gasteiger partial charge >= 0.3 is 11.9 Å². The fourth-order valence-corrected chi connectivity index (χ4v) is 1.05. The van der Waals surface area contributed by atoms with Crippen LogP contribution in [0, 0.1) is 0 Å². The van der Waals surface area contributed by atoms with Gasteiger partial charge in [-0.1, -0.05) is 12.2 Å². The lowest BCUT2D eigenvalue weighted by molar-refractivity contribution is -0.144. The topological polar surface area (TPSA) is 71.1 Å². The van der Waals surface area contributed by atoms with Crippen molar-refractivity contribution in [2.45, 2.75) is 26.1 Å². The zero-order valence-corrected chi connectivity index (χ0v) is 11.2. The van der Waals surface area contributed by atoms with Gasteiger partial charge in [0, 0.05) is 28.1 Å². The summed E-state index contributed by atoms with van der Waals surface area (Å²) >= 11 is 0. The normalized spacial score (nSPS) is 14.2. The van der Waals surface area contributed by atoms with Gasteiger partial charge < -0.3 is 18.9 Å². The van der Waals surface area contributed by atoms with E-state index in [4.69, 9.17) is 18.9 Å². The Morgan fingerprint density at radius 1 is 0.889 bits per heavy atom. The van der Waals surface area contributed by atoms with Gasteiger partial charge in [0.2, 0.25) is 0 Å². The van der Waals surface area contributed by atoms with Crippen molar-refractivity contribution >= 4 is 11.9 Å². The van der Waals surface area contributed by atoms with Gasteiger partial charge in [0.05, 0.1) is 0 Å². The van der Waals surface area contributed by atoms with Gasteiger partial charge in [-0.25, -0.2) is 0 Å². The van der Waals surface area contributed by atoms with Gasteiger partial charge in [-0.3, -0.25) is 9.59 Å². The van der Waals surface area contributed by atoms with Crippen molar-refractivity contribution in [3.8, 4) is 0 Å². The monoisotopic (exact) mass is 260 g/mol. The summed E-state index contributed by atoms with van der Waals surface area (Å²) in [6, 6.07) is 0. The van der Waals surface area contributed by atoms with Gasteiger partial charge in [-0.15, -0.1) is 0 Å². The van der Waals surface area contributed by atoms with Crippen LogP contribution >= 0.6 is 0 Å². The molecular weight excluding hydrogens is 240 g/mol. The van der Waals surface area contributed by atoms with Crippen LogP contribution in [0.25, 0.3) is 0 Å². The van der Waals surface area contributed by atoms with Crippen LogP contribution in [0.5, 0.6) is 0 Å². The van der Waals surface area contributed by atoms with Crippen LogP contribution in [0.3, 0.4) is 0 Å². The summed E-state index contributed by atoms with van der Waals surface area (Å²) in [6.07, 6.45) is 2.68. The Bertz CT molecular complexity index is 258. The van der Waals surface area contributed by atoms with Gasteiger partial charge in [-0.05, 0) is 0 Å². The van der Waals surface area contributed by atoms with Crippen molar-refractivity contribution in [2.24, 2.45) is 0 Å². The van der Waals surface area contributed by atoms with Crippen molar-refractivity contribution in [1.29, 1.82) is 0 Å². The third-order valence-corrected chi connectivity index (χ3v) is 2.05. The molecule has 2 unspecified atom stereocenters. The zero-order valence-electron chi connectivity index (χ0n) is 11.2. The fourth-order valence-electron chi connectivity index (χ4n) is 1.05. The lowest BCUT2D eigenvalue weighted by atomic mass is 10.2. The number of carbonyl (C=O) groups is 2. The van der Waals surface area contributed by atoms with Gasteiger partial charge in [0.1, 0.15) is 25.4 Å². The van der Waals surface area contributed by atoms with Crippen LogP contribution in [-0.4, -0.2) is 51.6 Å². The summed E-state index contributed by atoms with van der Waals surface area (Å²) in [5, 5.41) is 0. The lowest BCUT2D eigenvalue weighted by Gasteiger charge is -2.13. The third kappa shape index (κ3) is 8.72. The van der Waals surface area contributed by atoms with E-state index in [1.165, 1.54) is 28.1 Å². The summed E-state index contributed by atoms with van der Waals surface area (Å²) in [4.78, 5) is 21.3. The van der Waals surface area contributed by atoms with E-state index in [0.717, 1.165) is 0 Å². The number of esters is 2. The zero-order chi connectivity index (χ0) is 14.0. The smallest absolute Gasteiger partial charge is 0.302 e. The van der Waals surface area contributed by atoms with Crippen molar-refractivity contribution in [3.05, 3.63) is 12.2 Å². The molecule has 0 fully saturated rings. The van der Waals surface area contributed by atoms with E-state index in [1.807, 2.05) is 0 Å². The van der Waals surface area contributed by atoms with Crippen molar-refractivity contribution in [1.82, 2.24) is 0 Å². The molecule has 0 rings (SSSR count). The average molecular weight is 260 g/mol. The molecule has 6 nitrogen and oxygen atoms in total. The summed E-state index contributed by atoms with van der Waals surface area (Å²) in [5.74, 6) is -0.734. The number of hydrogen-bond donors (Lipinski definition) is 0. The Hall–Kier alpha value is -1.40. The van der Waals surface area contributed by atoms with Crippen molar-refractivity contribution < 1.29 is 28.5 Å². The summed E-state index contributed by atoms with van der Waals surface area (Å²) in [5.41, 5.74) is 0. The first kappa shape index (κ1) is 16.6. The number of ether oxygens (including phenoxy) is 4. The van der Waals surface area contributed by atoms with Crippen LogP contribution in [0.15, 0.2) is 12.2 Å². The fraction of sp³-hybridized carbons (Fsp3) is 0.667. The Balaban J connectivity index is 4.17. The van der Waals surface area contributed by atoms with Crippen molar-refractivity contribution in [3.63, 3.8) is 0 Å². The standard InChI is InChI=1S/C12H20O6/c1-9(13)17-7-11(15-3)5-6-12(16-4)8-18-10(2)14/h5-6,11-12H,7-8H2,1-4H3/b6-5+. The van der Waals surface area contributed by atoms with Crippen LogP contribution in [0.1, 0.15) is 13.8 Å². The van der Waals surface area contributed by atoms with E-state index < -0.39 is 0 Å². The number of methoxy groups -OCH3 is 2. The Labute approximate surface area is 107 Å². The van der Waals surface area contributed by atoms with E-state index in [2.05, 4.69) is 0 Å². The minimum absolute atomic E-state index is 0.131. The molecular formula is C12H20O6. The molecule has 0 bridgehead atoms. The van der Waals surface area contributed by atoms with Crippen LogP contribution in [0.4, 0.5) is 0 Å². The average Bonchev–Trinajstić information content (AvgIpc) is 2.32. The molecule has 0 aliphatic rings. The van der Waals surface area contributed by atoms with Crippen LogP contribution in [-0.2, 0) is 28.5 Å². The van der Waals surface area contributed by atoms with Crippen LogP contribution in [0.2, 0.25) is 0 Å². The van der Waals surface area contributed by atoms with E-state index in [-0.39, 0.29) is 37.4 Å². The molecule has 6 heteroatoms. The molecule has 18 heavy (non-hydrogen) atoms. The first-order valence-corrected chi connectivity index (χ1v) is 5.50. The molecule has 0 aliphatic carbocycles. The molecule has 104 valence electrons. The first-order valence-electron chi connectivity index (χ1n) is 5.50. The van der Waals surface area contributed by atoms with Crippen LogP contribution < -0.4 is 0 Å².